The SMILES string of the molecule is CSc1cccc(Cn2cnc3cc(Br)cnc32)c1. The number of halogens is 1. The Morgan fingerprint density at radius 3 is 3.00 bits per heavy atom. The number of pyridine rings is 1. The van der Waals surface area contributed by atoms with Crippen LogP contribution in [0, 0.1) is 0 Å². The molecule has 0 saturated heterocycles. The molecule has 2 heterocycles. The Kier molecular flexibility index (Phi) is 3.57. The van der Waals surface area contributed by atoms with Gasteiger partial charge in [0.05, 0.1) is 12.9 Å². The highest BCUT2D eigenvalue weighted by molar-refractivity contribution is 9.10. The van der Waals surface area contributed by atoms with Crippen molar-refractivity contribution in [3.05, 3.63) is 52.9 Å². The second kappa shape index (κ2) is 5.35. The third kappa shape index (κ3) is 2.67. The van der Waals surface area contributed by atoms with Crippen LogP contribution in [0.5, 0.6) is 0 Å². The van der Waals surface area contributed by atoms with Gasteiger partial charge in [-0.2, -0.15) is 0 Å². The van der Waals surface area contributed by atoms with Gasteiger partial charge in [0.1, 0.15) is 5.52 Å². The number of rotatable bonds is 3. The first-order valence-electron chi connectivity index (χ1n) is 5.85. The molecule has 0 N–H and O–H groups in total. The smallest absolute Gasteiger partial charge is 0.160 e. The molecule has 96 valence electrons. The van der Waals surface area contributed by atoms with Gasteiger partial charge in [0.15, 0.2) is 5.65 Å². The maximum atomic E-state index is 4.43. The van der Waals surface area contributed by atoms with Crippen LogP contribution in [0.25, 0.3) is 11.2 Å². The molecule has 0 radical (unpaired) electrons. The number of imidazole rings is 1. The summed E-state index contributed by atoms with van der Waals surface area (Å²) < 4.78 is 3.02. The predicted molar refractivity (Wildman–Crippen MR) is 82.6 cm³/mol. The second-order valence-electron chi connectivity index (χ2n) is 4.22. The van der Waals surface area contributed by atoms with Crippen molar-refractivity contribution in [2.75, 3.05) is 6.26 Å². The molecule has 2 aromatic heterocycles. The van der Waals surface area contributed by atoms with Crippen molar-refractivity contribution in [3.63, 3.8) is 0 Å². The Hall–Kier alpha value is -1.33. The maximum absolute atomic E-state index is 4.43. The lowest BCUT2D eigenvalue weighted by molar-refractivity contribution is 0.812. The summed E-state index contributed by atoms with van der Waals surface area (Å²) in [4.78, 5) is 10.1. The zero-order chi connectivity index (χ0) is 13.2. The lowest BCUT2D eigenvalue weighted by Crippen LogP contribution is -1.99. The molecule has 0 fully saturated rings. The van der Waals surface area contributed by atoms with Gasteiger partial charge in [0.25, 0.3) is 0 Å². The maximum Gasteiger partial charge on any atom is 0.160 e. The van der Waals surface area contributed by atoms with Crippen molar-refractivity contribution >= 4 is 38.9 Å². The summed E-state index contributed by atoms with van der Waals surface area (Å²) >= 11 is 5.17. The van der Waals surface area contributed by atoms with E-state index in [-0.39, 0.29) is 0 Å². The van der Waals surface area contributed by atoms with E-state index in [0.29, 0.717) is 0 Å². The highest BCUT2D eigenvalue weighted by Gasteiger charge is 2.05. The summed E-state index contributed by atoms with van der Waals surface area (Å²) in [6.07, 6.45) is 5.74. The fourth-order valence-corrected chi connectivity index (χ4v) is 2.81. The van der Waals surface area contributed by atoms with Crippen molar-refractivity contribution in [2.45, 2.75) is 11.4 Å². The molecule has 3 nitrogen and oxygen atoms in total. The van der Waals surface area contributed by atoms with Crippen LogP contribution in [0.2, 0.25) is 0 Å². The second-order valence-corrected chi connectivity index (χ2v) is 6.02. The molecule has 3 aromatic rings. The van der Waals surface area contributed by atoms with Gasteiger partial charge >= 0.3 is 0 Å². The molecule has 0 aliphatic rings. The number of thioether (sulfide) groups is 1. The number of benzene rings is 1. The molecular weight excluding hydrogens is 322 g/mol. The fourth-order valence-electron chi connectivity index (χ4n) is 2.01. The van der Waals surface area contributed by atoms with E-state index in [2.05, 4.69) is 61.0 Å². The van der Waals surface area contributed by atoms with E-state index in [9.17, 15) is 0 Å². The van der Waals surface area contributed by atoms with Gasteiger partial charge < -0.3 is 4.57 Å². The molecule has 19 heavy (non-hydrogen) atoms. The van der Waals surface area contributed by atoms with Gasteiger partial charge in [0, 0.05) is 15.6 Å². The quantitative estimate of drug-likeness (QED) is 0.679. The van der Waals surface area contributed by atoms with Crippen LogP contribution in [-0.2, 0) is 6.54 Å². The van der Waals surface area contributed by atoms with Gasteiger partial charge in [0.2, 0.25) is 0 Å². The summed E-state index contributed by atoms with van der Waals surface area (Å²) in [7, 11) is 0. The molecular formula is C14H12BrN3S. The summed E-state index contributed by atoms with van der Waals surface area (Å²) in [6.45, 7) is 0.791. The minimum atomic E-state index is 0.791. The minimum absolute atomic E-state index is 0.791. The Morgan fingerprint density at radius 1 is 1.26 bits per heavy atom. The molecule has 0 aliphatic heterocycles. The standard InChI is InChI=1S/C14H12BrN3S/c1-19-12-4-2-3-10(5-12)8-18-9-17-13-6-11(15)7-16-14(13)18/h2-7,9H,8H2,1H3. The third-order valence-electron chi connectivity index (χ3n) is 2.91. The van der Waals surface area contributed by atoms with E-state index in [1.54, 1.807) is 18.0 Å². The fraction of sp³-hybridized carbons (Fsp3) is 0.143. The zero-order valence-electron chi connectivity index (χ0n) is 10.4. The highest BCUT2D eigenvalue weighted by Crippen LogP contribution is 2.19. The van der Waals surface area contributed by atoms with Crippen LogP contribution in [0.4, 0.5) is 0 Å². The summed E-state index contributed by atoms with van der Waals surface area (Å²) in [5, 5.41) is 0. The molecule has 0 unspecified atom stereocenters. The molecule has 0 bridgehead atoms. The first-order valence-corrected chi connectivity index (χ1v) is 7.87. The number of hydrogen-bond donors (Lipinski definition) is 0. The van der Waals surface area contributed by atoms with E-state index < -0.39 is 0 Å². The van der Waals surface area contributed by atoms with E-state index in [1.807, 2.05) is 12.4 Å². The zero-order valence-corrected chi connectivity index (χ0v) is 12.8. The Labute approximate surface area is 124 Å². The molecule has 0 spiro atoms. The van der Waals surface area contributed by atoms with Gasteiger partial charge in [-0.1, -0.05) is 12.1 Å². The van der Waals surface area contributed by atoms with E-state index in [0.717, 1.165) is 22.2 Å². The van der Waals surface area contributed by atoms with Crippen molar-refractivity contribution in [1.29, 1.82) is 0 Å². The topological polar surface area (TPSA) is 30.7 Å². The van der Waals surface area contributed by atoms with Crippen molar-refractivity contribution in [2.24, 2.45) is 0 Å². The normalized spacial score (nSPS) is 11.1. The first-order chi connectivity index (χ1) is 9.26. The Morgan fingerprint density at radius 2 is 2.16 bits per heavy atom. The lowest BCUT2D eigenvalue weighted by Gasteiger charge is -2.05. The first kappa shape index (κ1) is 12.7. The summed E-state index contributed by atoms with van der Waals surface area (Å²) in [5.41, 5.74) is 3.09. The van der Waals surface area contributed by atoms with E-state index in [4.69, 9.17) is 0 Å². The van der Waals surface area contributed by atoms with Crippen LogP contribution in [0.15, 0.2) is 52.2 Å². The molecule has 1 aromatic carbocycles. The lowest BCUT2D eigenvalue weighted by atomic mass is 10.2. The Balaban J connectivity index is 1.96. The molecule has 0 aliphatic carbocycles. The van der Waals surface area contributed by atoms with Crippen LogP contribution < -0.4 is 0 Å². The van der Waals surface area contributed by atoms with Crippen LogP contribution in [0.1, 0.15) is 5.56 Å². The van der Waals surface area contributed by atoms with Gasteiger partial charge in [-0.25, -0.2) is 9.97 Å². The van der Waals surface area contributed by atoms with Crippen molar-refractivity contribution in [3.8, 4) is 0 Å². The number of fused-ring (bicyclic) bond motifs is 1. The molecule has 0 atom stereocenters. The van der Waals surface area contributed by atoms with Crippen LogP contribution >= 0.6 is 27.7 Å². The number of aromatic nitrogens is 3. The monoisotopic (exact) mass is 333 g/mol. The molecule has 0 amide bonds. The van der Waals surface area contributed by atoms with Gasteiger partial charge in [-0.15, -0.1) is 11.8 Å². The molecule has 5 heteroatoms. The van der Waals surface area contributed by atoms with Gasteiger partial charge in [-0.05, 0) is 45.9 Å². The number of hydrogen-bond acceptors (Lipinski definition) is 3. The van der Waals surface area contributed by atoms with E-state index in [1.165, 1.54) is 10.5 Å². The predicted octanol–water partition coefficient (Wildman–Crippen LogP) is 3.96. The van der Waals surface area contributed by atoms with Crippen molar-refractivity contribution in [1.82, 2.24) is 14.5 Å². The average molecular weight is 334 g/mol. The molecule has 0 saturated carbocycles. The van der Waals surface area contributed by atoms with Crippen LogP contribution in [-0.4, -0.2) is 20.8 Å². The summed E-state index contributed by atoms with van der Waals surface area (Å²) in [5.74, 6) is 0. The third-order valence-corrected chi connectivity index (χ3v) is 4.07. The van der Waals surface area contributed by atoms with Gasteiger partial charge in [-0.3, -0.25) is 0 Å². The molecule has 3 rings (SSSR count). The Bertz CT molecular complexity index is 724. The van der Waals surface area contributed by atoms with E-state index >= 15 is 0 Å². The largest absolute Gasteiger partial charge is 0.311 e. The summed E-state index contributed by atoms with van der Waals surface area (Å²) in [6, 6.07) is 10.5. The van der Waals surface area contributed by atoms with Crippen molar-refractivity contribution < 1.29 is 0 Å². The van der Waals surface area contributed by atoms with Crippen LogP contribution in [0.3, 0.4) is 0 Å². The minimum Gasteiger partial charge on any atom is -0.311 e. The highest BCUT2D eigenvalue weighted by atomic mass is 79.9. The number of nitrogens with zero attached hydrogens (tertiary/aromatic N) is 3. The average Bonchev–Trinajstić information content (AvgIpc) is 2.81.